The van der Waals surface area contributed by atoms with Crippen molar-refractivity contribution in [2.24, 2.45) is 0 Å². The van der Waals surface area contributed by atoms with Gasteiger partial charge in [-0.2, -0.15) is 13.2 Å². The van der Waals surface area contributed by atoms with Gasteiger partial charge in [-0.3, -0.25) is 0 Å². The zero-order valence-electron chi connectivity index (χ0n) is 8.91. The van der Waals surface area contributed by atoms with Gasteiger partial charge in [0.15, 0.2) is 0 Å². The summed E-state index contributed by atoms with van der Waals surface area (Å²) in [5.74, 6) is 0.248. The van der Waals surface area contributed by atoms with E-state index in [0.717, 1.165) is 12.1 Å². The van der Waals surface area contributed by atoms with Crippen molar-refractivity contribution in [1.82, 2.24) is 4.98 Å². The molecule has 0 aliphatic heterocycles. The molecule has 1 aromatic heterocycles. The Morgan fingerprint density at radius 1 is 1.11 bits per heavy atom. The van der Waals surface area contributed by atoms with Crippen LogP contribution in [0, 0.1) is 0 Å². The summed E-state index contributed by atoms with van der Waals surface area (Å²) in [6, 6.07) is 7.60. The summed E-state index contributed by atoms with van der Waals surface area (Å²) in [5.41, 5.74) is -0.769. The molecule has 94 valence electrons. The van der Waals surface area contributed by atoms with Crippen LogP contribution in [0.4, 0.5) is 13.2 Å². The van der Waals surface area contributed by atoms with Crippen molar-refractivity contribution in [1.29, 1.82) is 0 Å². The van der Waals surface area contributed by atoms with Crippen LogP contribution in [0.1, 0.15) is 5.56 Å². The van der Waals surface area contributed by atoms with E-state index in [2.05, 4.69) is 4.98 Å². The largest absolute Gasteiger partial charge is 0.439 e. The van der Waals surface area contributed by atoms with E-state index >= 15 is 0 Å². The summed E-state index contributed by atoms with van der Waals surface area (Å²) >= 11 is 5.63. The lowest BCUT2D eigenvalue weighted by atomic mass is 10.2. The number of nitrogens with zero attached hydrogens (tertiary/aromatic N) is 1. The minimum absolute atomic E-state index is 0.0691. The van der Waals surface area contributed by atoms with Crippen LogP contribution < -0.4 is 4.74 Å². The van der Waals surface area contributed by atoms with E-state index in [1.807, 2.05) is 0 Å². The standard InChI is InChI=1S/C12H7ClF3NO/c13-9-4-5-11(17-7-9)18-10-3-1-2-8(6-10)12(14,15)16/h1-7H. The van der Waals surface area contributed by atoms with Crippen LogP contribution in [0.5, 0.6) is 11.6 Å². The van der Waals surface area contributed by atoms with Crippen molar-refractivity contribution in [3.05, 3.63) is 53.2 Å². The molecule has 18 heavy (non-hydrogen) atoms. The summed E-state index contributed by atoms with van der Waals surface area (Å²) in [6.45, 7) is 0. The molecule has 2 nitrogen and oxygen atoms in total. The number of rotatable bonds is 2. The van der Waals surface area contributed by atoms with Gasteiger partial charge in [0.25, 0.3) is 0 Å². The monoisotopic (exact) mass is 273 g/mol. The lowest BCUT2D eigenvalue weighted by molar-refractivity contribution is -0.137. The Bertz CT molecular complexity index is 540. The number of alkyl halides is 3. The zero-order valence-corrected chi connectivity index (χ0v) is 9.66. The van der Waals surface area contributed by atoms with Crippen LogP contribution in [-0.4, -0.2) is 4.98 Å². The Morgan fingerprint density at radius 3 is 2.50 bits per heavy atom. The van der Waals surface area contributed by atoms with E-state index in [9.17, 15) is 13.2 Å². The predicted molar refractivity (Wildman–Crippen MR) is 60.8 cm³/mol. The van der Waals surface area contributed by atoms with Crippen LogP contribution >= 0.6 is 11.6 Å². The SMILES string of the molecule is FC(F)(F)c1cccc(Oc2ccc(Cl)cn2)c1. The number of ether oxygens (including phenoxy) is 1. The molecule has 0 atom stereocenters. The minimum atomic E-state index is -4.40. The first-order valence-electron chi connectivity index (χ1n) is 4.92. The number of hydrogen-bond acceptors (Lipinski definition) is 2. The topological polar surface area (TPSA) is 22.1 Å². The second-order valence-electron chi connectivity index (χ2n) is 3.44. The lowest BCUT2D eigenvalue weighted by Crippen LogP contribution is -2.04. The Kier molecular flexibility index (Phi) is 3.43. The van der Waals surface area contributed by atoms with Crippen LogP contribution in [0.2, 0.25) is 5.02 Å². The van der Waals surface area contributed by atoms with Gasteiger partial charge in [0, 0.05) is 12.3 Å². The van der Waals surface area contributed by atoms with E-state index < -0.39 is 11.7 Å². The number of halogens is 4. The highest BCUT2D eigenvalue weighted by molar-refractivity contribution is 6.30. The van der Waals surface area contributed by atoms with Crippen molar-refractivity contribution >= 4 is 11.6 Å². The van der Waals surface area contributed by atoms with Crippen molar-refractivity contribution in [3.8, 4) is 11.6 Å². The van der Waals surface area contributed by atoms with Gasteiger partial charge < -0.3 is 4.74 Å². The fraction of sp³-hybridized carbons (Fsp3) is 0.0833. The van der Waals surface area contributed by atoms with Crippen molar-refractivity contribution in [2.75, 3.05) is 0 Å². The predicted octanol–water partition coefficient (Wildman–Crippen LogP) is 4.55. The Labute approximate surface area is 106 Å². The molecule has 0 aliphatic rings. The zero-order chi connectivity index (χ0) is 13.2. The molecule has 2 aromatic rings. The maximum atomic E-state index is 12.5. The molecule has 6 heteroatoms. The van der Waals surface area contributed by atoms with Crippen molar-refractivity contribution in [3.63, 3.8) is 0 Å². The third kappa shape index (κ3) is 3.13. The molecular weight excluding hydrogens is 267 g/mol. The molecule has 0 amide bonds. The molecular formula is C12H7ClF3NO. The highest BCUT2D eigenvalue weighted by atomic mass is 35.5. The number of hydrogen-bond donors (Lipinski definition) is 0. The van der Waals surface area contributed by atoms with Crippen molar-refractivity contribution in [2.45, 2.75) is 6.18 Å². The van der Waals surface area contributed by atoms with Gasteiger partial charge in [-0.1, -0.05) is 17.7 Å². The van der Waals surface area contributed by atoms with Gasteiger partial charge in [0.1, 0.15) is 5.75 Å². The van der Waals surface area contributed by atoms with E-state index in [1.165, 1.54) is 30.5 Å². The third-order valence-corrected chi connectivity index (χ3v) is 2.31. The first kappa shape index (κ1) is 12.7. The molecule has 1 aromatic carbocycles. The maximum Gasteiger partial charge on any atom is 0.416 e. The third-order valence-electron chi connectivity index (χ3n) is 2.08. The van der Waals surface area contributed by atoms with Gasteiger partial charge in [-0.15, -0.1) is 0 Å². The van der Waals surface area contributed by atoms with Gasteiger partial charge in [-0.25, -0.2) is 4.98 Å². The Hall–Kier alpha value is -1.75. The number of pyridine rings is 1. The fourth-order valence-electron chi connectivity index (χ4n) is 1.28. The summed E-state index contributed by atoms with van der Waals surface area (Å²) in [6.07, 6.45) is -3.04. The van der Waals surface area contributed by atoms with Crippen molar-refractivity contribution < 1.29 is 17.9 Å². The van der Waals surface area contributed by atoms with Crippen LogP contribution in [0.15, 0.2) is 42.6 Å². The molecule has 0 aliphatic carbocycles. The second kappa shape index (κ2) is 4.86. The van der Waals surface area contributed by atoms with Gasteiger partial charge in [0.05, 0.1) is 10.6 Å². The van der Waals surface area contributed by atoms with Crippen LogP contribution in [0.3, 0.4) is 0 Å². The highest BCUT2D eigenvalue weighted by Crippen LogP contribution is 2.32. The van der Waals surface area contributed by atoms with E-state index in [1.54, 1.807) is 0 Å². The van der Waals surface area contributed by atoms with E-state index in [-0.39, 0.29) is 11.6 Å². The lowest BCUT2D eigenvalue weighted by Gasteiger charge is -2.09. The summed E-state index contributed by atoms with van der Waals surface area (Å²) in [7, 11) is 0. The normalized spacial score (nSPS) is 11.3. The molecule has 0 radical (unpaired) electrons. The average Bonchev–Trinajstić information content (AvgIpc) is 2.31. The molecule has 1 heterocycles. The van der Waals surface area contributed by atoms with E-state index in [0.29, 0.717) is 5.02 Å². The average molecular weight is 274 g/mol. The summed E-state index contributed by atoms with van der Waals surface area (Å²) < 4.78 is 42.6. The molecule has 0 saturated heterocycles. The molecule has 0 unspecified atom stereocenters. The number of benzene rings is 1. The first-order valence-corrected chi connectivity index (χ1v) is 5.29. The maximum absolute atomic E-state index is 12.5. The molecule has 0 saturated carbocycles. The quantitative estimate of drug-likeness (QED) is 0.801. The van der Waals surface area contributed by atoms with Crippen LogP contribution in [-0.2, 0) is 6.18 Å². The summed E-state index contributed by atoms with van der Waals surface area (Å²) in [4.78, 5) is 3.83. The Morgan fingerprint density at radius 2 is 1.89 bits per heavy atom. The molecule has 2 rings (SSSR count). The molecule has 0 N–H and O–H groups in total. The molecule has 0 spiro atoms. The Balaban J connectivity index is 2.22. The highest BCUT2D eigenvalue weighted by Gasteiger charge is 2.30. The minimum Gasteiger partial charge on any atom is -0.439 e. The fourth-order valence-corrected chi connectivity index (χ4v) is 1.39. The molecule has 0 fully saturated rings. The van der Waals surface area contributed by atoms with E-state index in [4.69, 9.17) is 16.3 Å². The first-order chi connectivity index (χ1) is 8.45. The number of aromatic nitrogens is 1. The van der Waals surface area contributed by atoms with Crippen LogP contribution in [0.25, 0.3) is 0 Å². The summed E-state index contributed by atoms with van der Waals surface area (Å²) in [5, 5.41) is 0.423. The molecule has 0 bridgehead atoms. The van der Waals surface area contributed by atoms with Gasteiger partial charge in [-0.05, 0) is 24.3 Å². The smallest absolute Gasteiger partial charge is 0.416 e. The van der Waals surface area contributed by atoms with Gasteiger partial charge in [0.2, 0.25) is 5.88 Å². The second-order valence-corrected chi connectivity index (χ2v) is 3.88. The van der Waals surface area contributed by atoms with Gasteiger partial charge >= 0.3 is 6.18 Å².